The van der Waals surface area contributed by atoms with Gasteiger partial charge >= 0.3 is 0 Å². The molecule has 1 aromatic heterocycles. The van der Waals surface area contributed by atoms with Crippen LogP contribution in [0.1, 0.15) is 21.6 Å². The van der Waals surface area contributed by atoms with Crippen LogP contribution in [0.2, 0.25) is 0 Å². The van der Waals surface area contributed by atoms with Crippen molar-refractivity contribution in [2.75, 3.05) is 0 Å². The molecule has 0 bridgehead atoms. The molecule has 0 saturated carbocycles. The summed E-state index contributed by atoms with van der Waals surface area (Å²) in [6, 6.07) is 6.34. The van der Waals surface area contributed by atoms with E-state index in [1.54, 1.807) is 17.4 Å². The molecule has 0 unspecified atom stereocenters. The number of oxime groups is 1. The topological polar surface area (TPSA) is 70.6 Å². The third kappa shape index (κ3) is 3.34. The maximum Gasteiger partial charge on any atom is 0.170 e. The molecule has 20 heavy (non-hydrogen) atoms. The molecular weight excluding hydrogens is 277 g/mol. The molecule has 0 amide bonds. The number of nitrogens with two attached hydrogens (primary N) is 1. The second-order valence-electron chi connectivity index (χ2n) is 4.42. The summed E-state index contributed by atoms with van der Waals surface area (Å²) < 4.78 is 13.2. The zero-order chi connectivity index (χ0) is 14.5. The van der Waals surface area contributed by atoms with Crippen LogP contribution in [-0.4, -0.2) is 11.0 Å². The Kier molecular flexibility index (Phi) is 4.70. The minimum absolute atomic E-state index is 0.0893. The Balaban J connectivity index is 2.08. The van der Waals surface area contributed by atoms with Crippen LogP contribution in [0, 0.1) is 12.7 Å². The predicted molar refractivity (Wildman–Crippen MR) is 78.5 cm³/mol. The van der Waals surface area contributed by atoms with Gasteiger partial charge in [0.25, 0.3) is 0 Å². The van der Waals surface area contributed by atoms with E-state index in [4.69, 9.17) is 10.9 Å². The second-order valence-corrected chi connectivity index (χ2v) is 5.42. The van der Waals surface area contributed by atoms with Crippen molar-refractivity contribution in [1.82, 2.24) is 5.32 Å². The van der Waals surface area contributed by atoms with Crippen molar-refractivity contribution >= 4 is 17.2 Å². The Morgan fingerprint density at radius 3 is 2.85 bits per heavy atom. The minimum atomic E-state index is -0.413. The average molecular weight is 293 g/mol. The molecule has 4 N–H and O–H groups in total. The largest absolute Gasteiger partial charge is 0.409 e. The first-order chi connectivity index (χ1) is 9.61. The highest BCUT2D eigenvalue weighted by molar-refractivity contribution is 7.10. The van der Waals surface area contributed by atoms with Gasteiger partial charge in [0.05, 0.1) is 0 Å². The number of aryl methyl sites for hydroxylation is 1. The summed E-state index contributed by atoms with van der Waals surface area (Å²) in [5, 5.41) is 17.0. The van der Waals surface area contributed by atoms with Crippen molar-refractivity contribution in [3.63, 3.8) is 0 Å². The minimum Gasteiger partial charge on any atom is -0.409 e. The number of rotatable bonds is 5. The summed E-state index contributed by atoms with van der Waals surface area (Å²) in [5.41, 5.74) is 8.00. The zero-order valence-electron chi connectivity index (χ0n) is 11.1. The smallest absolute Gasteiger partial charge is 0.170 e. The summed E-state index contributed by atoms with van der Waals surface area (Å²) in [5.74, 6) is -0.502. The molecule has 2 rings (SSSR count). The number of nitrogens with zero attached hydrogens (tertiary/aromatic N) is 1. The highest BCUT2D eigenvalue weighted by Gasteiger charge is 2.09. The Bertz CT molecular complexity index is 625. The summed E-state index contributed by atoms with van der Waals surface area (Å²) >= 11 is 1.69. The van der Waals surface area contributed by atoms with Crippen LogP contribution in [-0.2, 0) is 13.1 Å². The third-order valence-electron chi connectivity index (χ3n) is 3.02. The number of benzene rings is 1. The van der Waals surface area contributed by atoms with Crippen LogP contribution in [0.15, 0.2) is 34.8 Å². The summed E-state index contributed by atoms with van der Waals surface area (Å²) in [7, 11) is 0. The van der Waals surface area contributed by atoms with Gasteiger partial charge in [-0.05, 0) is 41.6 Å². The maximum absolute atomic E-state index is 13.2. The third-order valence-corrected chi connectivity index (χ3v) is 4.05. The van der Waals surface area contributed by atoms with Crippen molar-refractivity contribution in [2.24, 2.45) is 10.9 Å². The van der Waals surface area contributed by atoms with E-state index in [0.29, 0.717) is 12.1 Å². The molecule has 1 heterocycles. The number of halogens is 1. The fourth-order valence-electron chi connectivity index (χ4n) is 1.89. The van der Waals surface area contributed by atoms with Crippen LogP contribution < -0.4 is 11.1 Å². The van der Waals surface area contributed by atoms with Crippen molar-refractivity contribution in [3.05, 3.63) is 57.0 Å². The van der Waals surface area contributed by atoms with E-state index in [9.17, 15) is 4.39 Å². The van der Waals surface area contributed by atoms with E-state index in [1.807, 2.05) is 5.38 Å². The molecule has 0 aliphatic heterocycles. The molecule has 106 valence electrons. The Morgan fingerprint density at radius 1 is 1.40 bits per heavy atom. The summed E-state index contributed by atoms with van der Waals surface area (Å²) in [6.07, 6.45) is 0. The number of hydrogen-bond donors (Lipinski definition) is 3. The lowest BCUT2D eigenvalue weighted by Gasteiger charge is -2.10. The SMILES string of the molecule is Cc1ccsc1CNCc1ccc(F)cc1/C(N)=N/O. The van der Waals surface area contributed by atoms with Crippen molar-refractivity contribution in [2.45, 2.75) is 20.0 Å². The lowest BCUT2D eigenvalue weighted by molar-refractivity contribution is 0.318. The average Bonchev–Trinajstić information content (AvgIpc) is 2.85. The van der Waals surface area contributed by atoms with E-state index in [2.05, 4.69) is 23.5 Å². The molecule has 4 nitrogen and oxygen atoms in total. The molecule has 0 atom stereocenters. The lowest BCUT2D eigenvalue weighted by Crippen LogP contribution is -2.20. The van der Waals surface area contributed by atoms with Crippen LogP contribution >= 0.6 is 11.3 Å². The van der Waals surface area contributed by atoms with Gasteiger partial charge in [-0.3, -0.25) is 0 Å². The lowest BCUT2D eigenvalue weighted by atomic mass is 10.1. The van der Waals surface area contributed by atoms with Crippen LogP contribution in [0.5, 0.6) is 0 Å². The van der Waals surface area contributed by atoms with Gasteiger partial charge in [0.2, 0.25) is 0 Å². The van der Waals surface area contributed by atoms with E-state index >= 15 is 0 Å². The van der Waals surface area contributed by atoms with Gasteiger partial charge in [0.1, 0.15) is 5.82 Å². The molecule has 6 heteroatoms. The highest BCUT2D eigenvalue weighted by atomic mass is 32.1. The van der Waals surface area contributed by atoms with Gasteiger partial charge in [-0.2, -0.15) is 0 Å². The van der Waals surface area contributed by atoms with Gasteiger partial charge in [-0.25, -0.2) is 4.39 Å². The van der Waals surface area contributed by atoms with Crippen molar-refractivity contribution in [3.8, 4) is 0 Å². The maximum atomic E-state index is 13.2. The second kappa shape index (κ2) is 6.49. The monoisotopic (exact) mass is 293 g/mol. The molecule has 0 radical (unpaired) electrons. The summed E-state index contributed by atoms with van der Waals surface area (Å²) in [6.45, 7) is 3.31. The standard InChI is InChI=1S/C14H16FN3OS/c1-9-4-5-20-13(9)8-17-7-10-2-3-11(15)6-12(10)14(16)18-19/h2-6,17,19H,7-8H2,1H3,(H2,16,18). The Hall–Kier alpha value is -1.92. The van der Waals surface area contributed by atoms with E-state index < -0.39 is 5.82 Å². The Labute approximate surface area is 120 Å². The highest BCUT2D eigenvalue weighted by Crippen LogP contribution is 2.16. The van der Waals surface area contributed by atoms with E-state index in [-0.39, 0.29) is 5.84 Å². The first-order valence-electron chi connectivity index (χ1n) is 6.12. The molecule has 0 aliphatic rings. The molecule has 0 aliphatic carbocycles. The normalized spacial score (nSPS) is 11.8. The number of thiophene rings is 1. The first-order valence-corrected chi connectivity index (χ1v) is 6.99. The van der Waals surface area contributed by atoms with Crippen molar-refractivity contribution < 1.29 is 9.60 Å². The van der Waals surface area contributed by atoms with Gasteiger partial charge in [0.15, 0.2) is 5.84 Å². The molecule has 0 spiro atoms. The van der Waals surface area contributed by atoms with Crippen molar-refractivity contribution in [1.29, 1.82) is 0 Å². The zero-order valence-corrected chi connectivity index (χ0v) is 11.9. The number of hydrogen-bond acceptors (Lipinski definition) is 4. The van der Waals surface area contributed by atoms with Crippen LogP contribution in [0.3, 0.4) is 0 Å². The molecule has 0 fully saturated rings. The summed E-state index contributed by atoms with van der Waals surface area (Å²) in [4.78, 5) is 1.26. The molecule has 0 saturated heterocycles. The van der Waals surface area contributed by atoms with E-state index in [1.165, 1.54) is 22.6 Å². The van der Waals surface area contributed by atoms with Gasteiger partial charge < -0.3 is 16.3 Å². The van der Waals surface area contributed by atoms with Gasteiger partial charge in [-0.15, -0.1) is 11.3 Å². The predicted octanol–water partition coefficient (Wildman–Crippen LogP) is 2.58. The molecule has 2 aromatic rings. The van der Waals surface area contributed by atoms with E-state index in [0.717, 1.165) is 12.1 Å². The fourth-order valence-corrected chi connectivity index (χ4v) is 2.77. The number of nitrogens with one attached hydrogen (secondary N) is 1. The van der Waals surface area contributed by atoms with Gasteiger partial charge in [0, 0.05) is 23.5 Å². The fraction of sp³-hybridized carbons (Fsp3) is 0.214. The van der Waals surface area contributed by atoms with Crippen LogP contribution in [0.25, 0.3) is 0 Å². The Morgan fingerprint density at radius 2 is 2.20 bits per heavy atom. The van der Waals surface area contributed by atoms with Gasteiger partial charge in [-0.1, -0.05) is 11.2 Å². The molecule has 1 aromatic carbocycles. The quantitative estimate of drug-likeness (QED) is 0.343. The van der Waals surface area contributed by atoms with Crippen LogP contribution in [0.4, 0.5) is 4.39 Å². The molecular formula is C14H16FN3OS. The number of amidine groups is 1. The first kappa shape index (κ1) is 14.5.